The summed E-state index contributed by atoms with van der Waals surface area (Å²) in [5.41, 5.74) is 2.52. The maximum absolute atomic E-state index is 6.20. The van der Waals surface area contributed by atoms with E-state index in [4.69, 9.17) is 23.2 Å². The zero-order chi connectivity index (χ0) is 15.1. The summed E-state index contributed by atoms with van der Waals surface area (Å²) >= 11 is 12.1. The molecule has 0 amide bonds. The fourth-order valence-corrected chi connectivity index (χ4v) is 2.90. The Labute approximate surface area is 137 Å². The molecular formula is C18H21Cl2N. The van der Waals surface area contributed by atoms with E-state index in [1.54, 1.807) is 6.07 Å². The van der Waals surface area contributed by atoms with Gasteiger partial charge in [-0.25, -0.2) is 0 Å². The molecule has 0 saturated carbocycles. The quantitative estimate of drug-likeness (QED) is 0.743. The third-order valence-electron chi connectivity index (χ3n) is 3.66. The van der Waals surface area contributed by atoms with Crippen molar-refractivity contribution in [2.75, 3.05) is 6.54 Å². The highest BCUT2D eigenvalue weighted by atomic mass is 35.5. The Hall–Kier alpha value is -1.02. The smallest absolute Gasteiger partial charge is 0.0453 e. The normalized spacial score (nSPS) is 12.3. The molecular weight excluding hydrogens is 301 g/mol. The van der Waals surface area contributed by atoms with Gasteiger partial charge in [-0.3, -0.25) is 0 Å². The van der Waals surface area contributed by atoms with Crippen LogP contribution in [-0.2, 0) is 12.8 Å². The summed E-state index contributed by atoms with van der Waals surface area (Å²) in [6.07, 6.45) is 3.09. The number of hydrogen-bond donors (Lipinski definition) is 1. The number of nitrogens with one attached hydrogen (secondary N) is 1. The number of hydrogen-bond acceptors (Lipinski definition) is 1. The van der Waals surface area contributed by atoms with Gasteiger partial charge in [0.15, 0.2) is 0 Å². The Morgan fingerprint density at radius 3 is 2.48 bits per heavy atom. The SMILES string of the molecule is CCC(Cc1ccccc1)NCCc1ccc(Cl)cc1Cl. The molecule has 2 aromatic carbocycles. The standard InChI is InChI=1S/C18H21Cl2N/c1-2-17(12-14-6-4-3-5-7-14)21-11-10-15-8-9-16(19)13-18(15)20/h3-9,13,17,21H,2,10-12H2,1H3. The largest absolute Gasteiger partial charge is 0.313 e. The second-order valence-corrected chi connectivity index (χ2v) is 6.08. The molecule has 112 valence electrons. The molecule has 0 spiro atoms. The summed E-state index contributed by atoms with van der Waals surface area (Å²) in [5.74, 6) is 0. The van der Waals surface area contributed by atoms with Gasteiger partial charge in [0, 0.05) is 16.1 Å². The maximum atomic E-state index is 6.20. The van der Waals surface area contributed by atoms with E-state index in [2.05, 4.69) is 42.6 Å². The summed E-state index contributed by atoms with van der Waals surface area (Å²) in [5, 5.41) is 5.05. The van der Waals surface area contributed by atoms with Crippen LogP contribution in [0.5, 0.6) is 0 Å². The predicted octanol–water partition coefficient (Wildman–Crippen LogP) is 5.15. The lowest BCUT2D eigenvalue weighted by Crippen LogP contribution is -2.32. The number of benzene rings is 2. The summed E-state index contributed by atoms with van der Waals surface area (Å²) < 4.78 is 0. The van der Waals surface area contributed by atoms with Crippen molar-refractivity contribution in [1.82, 2.24) is 5.32 Å². The maximum Gasteiger partial charge on any atom is 0.0453 e. The van der Waals surface area contributed by atoms with E-state index in [0.29, 0.717) is 11.1 Å². The zero-order valence-electron chi connectivity index (χ0n) is 12.3. The van der Waals surface area contributed by atoms with Gasteiger partial charge in [-0.2, -0.15) is 0 Å². The van der Waals surface area contributed by atoms with E-state index in [1.807, 2.05) is 12.1 Å². The Morgan fingerprint density at radius 1 is 1.05 bits per heavy atom. The zero-order valence-corrected chi connectivity index (χ0v) is 13.8. The van der Waals surface area contributed by atoms with Crippen molar-refractivity contribution in [1.29, 1.82) is 0 Å². The van der Waals surface area contributed by atoms with E-state index < -0.39 is 0 Å². The molecule has 0 aliphatic carbocycles. The lowest BCUT2D eigenvalue weighted by molar-refractivity contribution is 0.498. The monoisotopic (exact) mass is 321 g/mol. The molecule has 0 fully saturated rings. The van der Waals surface area contributed by atoms with Gasteiger partial charge in [0.25, 0.3) is 0 Å². The Kier molecular flexibility index (Phi) is 6.56. The lowest BCUT2D eigenvalue weighted by atomic mass is 10.0. The third-order valence-corrected chi connectivity index (χ3v) is 4.25. The van der Waals surface area contributed by atoms with Gasteiger partial charge in [0.05, 0.1) is 0 Å². The predicted molar refractivity (Wildman–Crippen MR) is 92.4 cm³/mol. The van der Waals surface area contributed by atoms with Crippen molar-refractivity contribution in [3.63, 3.8) is 0 Å². The Morgan fingerprint density at radius 2 is 1.81 bits per heavy atom. The average Bonchev–Trinajstić information content (AvgIpc) is 2.49. The highest BCUT2D eigenvalue weighted by molar-refractivity contribution is 6.35. The van der Waals surface area contributed by atoms with Gasteiger partial charge in [0.2, 0.25) is 0 Å². The molecule has 0 saturated heterocycles. The fraction of sp³-hybridized carbons (Fsp3) is 0.333. The molecule has 0 aromatic heterocycles. The van der Waals surface area contributed by atoms with Crippen molar-refractivity contribution in [3.05, 3.63) is 69.7 Å². The van der Waals surface area contributed by atoms with E-state index in [1.165, 1.54) is 5.56 Å². The van der Waals surface area contributed by atoms with E-state index in [9.17, 15) is 0 Å². The van der Waals surface area contributed by atoms with Crippen molar-refractivity contribution < 1.29 is 0 Å². The van der Waals surface area contributed by atoms with Gasteiger partial charge in [0.1, 0.15) is 0 Å². The van der Waals surface area contributed by atoms with Crippen LogP contribution in [0.25, 0.3) is 0 Å². The minimum Gasteiger partial charge on any atom is -0.313 e. The van der Waals surface area contributed by atoms with Crippen LogP contribution in [0.4, 0.5) is 0 Å². The van der Waals surface area contributed by atoms with Gasteiger partial charge in [-0.15, -0.1) is 0 Å². The molecule has 1 nitrogen and oxygen atoms in total. The first-order valence-electron chi connectivity index (χ1n) is 7.40. The molecule has 2 aromatic rings. The lowest BCUT2D eigenvalue weighted by Gasteiger charge is -2.17. The molecule has 3 heteroatoms. The van der Waals surface area contributed by atoms with E-state index in [-0.39, 0.29) is 0 Å². The topological polar surface area (TPSA) is 12.0 Å². The third kappa shape index (κ3) is 5.35. The first kappa shape index (κ1) is 16.4. The van der Waals surface area contributed by atoms with Crippen LogP contribution in [0.1, 0.15) is 24.5 Å². The van der Waals surface area contributed by atoms with Crippen molar-refractivity contribution in [3.8, 4) is 0 Å². The Balaban J connectivity index is 1.83. The van der Waals surface area contributed by atoms with Crippen molar-refractivity contribution >= 4 is 23.2 Å². The van der Waals surface area contributed by atoms with Crippen LogP contribution >= 0.6 is 23.2 Å². The van der Waals surface area contributed by atoms with Crippen LogP contribution in [0, 0.1) is 0 Å². The molecule has 2 rings (SSSR count). The molecule has 0 aliphatic heterocycles. The fourth-order valence-electron chi connectivity index (χ4n) is 2.39. The Bertz CT molecular complexity index is 554. The van der Waals surface area contributed by atoms with Gasteiger partial charge < -0.3 is 5.32 Å². The number of rotatable bonds is 7. The first-order valence-corrected chi connectivity index (χ1v) is 8.16. The minimum absolute atomic E-state index is 0.499. The van der Waals surface area contributed by atoms with Crippen LogP contribution in [0.15, 0.2) is 48.5 Å². The van der Waals surface area contributed by atoms with E-state index in [0.717, 1.165) is 36.4 Å². The molecule has 0 bridgehead atoms. The average molecular weight is 322 g/mol. The molecule has 0 heterocycles. The highest BCUT2D eigenvalue weighted by Gasteiger charge is 2.07. The molecule has 1 unspecified atom stereocenters. The summed E-state index contributed by atoms with van der Waals surface area (Å²) in [6, 6.07) is 16.8. The van der Waals surface area contributed by atoms with Crippen LogP contribution in [0.3, 0.4) is 0 Å². The van der Waals surface area contributed by atoms with Crippen molar-refractivity contribution in [2.24, 2.45) is 0 Å². The molecule has 0 radical (unpaired) electrons. The van der Waals surface area contributed by atoms with E-state index >= 15 is 0 Å². The first-order chi connectivity index (χ1) is 10.2. The second-order valence-electron chi connectivity index (χ2n) is 5.23. The van der Waals surface area contributed by atoms with Gasteiger partial charge in [-0.1, -0.05) is 66.5 Å². The van der Waals surface area contributed by atoms with Crippen LogP contribution in [-0.4, -0.2) is 12.6 Å². The van der Waals surface area contributed by atoms with Gasteiger partial charge >= 0.3 is 0 Å². The van der Waals surface area contributed by atoms with Gasteiger partial charge in [-0.05, 0) is 49.1 Å². The summed E-state index contributed by atoms with van der Waals surface area (Å²) in [7, 11) is 0. The highest BCUT2D eigenvalue weighted by Crippen LogP contribution is 2.21. The molecule has 21 heavy (non-hydrogen) atoms. The molecule has 1 N–H and O–H groups in total. The summed E-state index contributed by atoms with van der Waals surface area (Å²) in [4.78, 5) is 0. The summed E-state index contributed by atoms with van der Waals surface area (Å²) in [6.45, 7) is 3.14. The second kappa shape index (κ2) is 8.43. The minimum atomic E-state index is 0.499. The van der Waals surface area contributed by atoms with Crippen molar-refractivity contribution in [2.45, 2.75) is 32.2 Å². The molecule has 1 atom stereocenters. The molecule has 0 aliphatic rings. The van der Waals surface area contributed by atoms with Crippen LogP contribution in [0.2, 0.25) is 10.0 Å². The number of halogens is 2. The van der Waals surface area contributed by atoms with Crippen LogP contribution < -0.4 is 5.32 Å².